The van der Waals surface area contributed by atoms with Gasteiger partial charge in [-0.25, -0.2) is 9.78 Å². The highest BCUT2D eigenvalue weighted by molar-refractivity contribution is 5.84. The van der Waals surface area contributed by atoms with Crippen molar-refractivity contribution in [3.63, 3.8) is 0 Å². The van der Waals surface area contributed by atoms with Crippen molar-refractivity contribution < 1.29 is 14.6 Å². The summed E-state index contributed by atoms with van der Waals surface area (Å²) in [6.45, 7) is 1.35. The van der Waals surface area contributed by atoms with E-state index in [9.17, 15) is 9.90 Å². The van der Waals surface area contributed by atoms with Gasteiger partial charge in [-0.3, -0.25) is 0 Å². The molecule has 0 aliphatic carbocycles. The van der Waals surface area contributed by atoms with Crippen LogP contribution in [0, 0.1) is 0 Å². The topological polar surface area (TPSA) is 62.7 Å². The number of hydrogen-bond acceptors (Lipinski definition) is 4. The highest BCUT2D eigenvalue weighted by Crippen LogP contribution is 2.28. The number of aromatic nitrogens is 1. The summed E-state index contributed by atoms with van der Waals surface area (Å²) in [5, 5.41) is 10.7. The van der Waals surface area contributed by atoms with Crippen LogP contribution in [0.1, 0.15) is 16.7 Å². The fraction of sp³-hybridized carbons (Fsp3) is 0.200. The van der Waals surface area contributed by atoms with E-state index in [1.165, 1.54) is 0 Å². The molecule has 0 fully saturated rings. The SMILES string of the molecule is O=C(OCc1ccccc1)N1CCc2c(ccc3ccc(O)nc23)C1. The number of fused-ring (bicyclic) bond motifs is 3. The lowest BCUT2D eigenvalue weighted by Gasteiger charge is -2.28. The van der Waals surface area contributed by atoms with E-state index in [2.05, 4.69) is 4.98 Å². The average Bonchev–Trinajstić information content (AvgIpc) is 2.66. The largest absolute Gasteiger partial charge is 0.493 e. The number of rotatable bonds is 2. The molecule has 1 aliphatic rings. The van der Waals surface area contributed by atoms with E-state index >= 15 is 0 Å². The lowest BCUT2D eigenvalue weighted by Crippen LogP contribution is -2.36. The minimum Gasteiger partial charge on any atom is -0.493 e. The van der Waals surface area contributed by atoms with Crippen molar-refractivity contribution in [3.05, 3.63) is 71.3 Å². The summed E-state index contributed by atoms with van der Waals surface area (Å²) in [6, 6.07) is 17.1. The normalized spacial score (nSPS) is 13.5. The zero-order chi connectivity index (χ0) is 17.2. The molecular formula is C20H18N2O3. The van der Waals surface area contributed by atoms with Crippen molar-refractivity contribution in [2.24, 2.45) is 0 Å². The van der Waals surface area contributed by atoms with Crippen molar-refractivity contribution >= 4 is 17.0 Å². The fourth-order valence-electron chi connectivity index (χ4n) is 3.20. The molecule has 0 atom stereocenters. The molecule has 1 aliphatic heterocycles. The molecule has 4 rings (SSSR count). The number of nitrogens with zero attached hydrogens (tertiary/aromatic N) is 2. The fourth-order valence-corrected chi connectivity index (χ4v) is 3.20. The van der Waals surface area contributed by atoms with Gasteiger partial charge in [0.05, 0.1) is 5.52 Å². The predicted molar refractivity (Wildman–Crippen MR) is 94.1 cm³/mol. The molecule has 0 saturated heterocycles. The maximum absolute atomic E-state index is 12.3. The van der Waals surface area contributed by atoms with E-state index in [1.807, 2.05) is 48.5 Å². The summed E-state index contributed by atoms with van der Waals surface area (Å²) < 4.78 is 5.42. The molecule has 0 saturated carbocycles. The van der Waals surface area contributed by atoms with E-state index in [1.54, 1.807) is 11.0 Å². The Morgan fingerprint density at radius 2 is 1.92 bits per heavy atom. The molecule has 5 nitrogen and oxygen atoms in total. The molecule has 25 heavy (non-hydrogen) atoms. The zero-order valence-electron chi connectivity index (χ0n) is 13.7. The van der Waals surface area contributed by atoms with Gasteiger partial charge in [0, 0.05) is 24.5 Å². The zero-order valence-corrected chi connectivity index (χ0v) is 13.7. The van der Waals surface area contributed by atoms with Gasteiger partial charge in [-0.05, 0) is 29.2 Å². The number of carbonyl (C=O) groups excluding carboxylic acids is 1. The van der Waals surface area contributed by atoms with Gasteiger partial charge in [-0.2, -0.15) is 0 Å². The van der Waals surface area contributed by atoms with Gasteiger partial charge in [-0.15, -0.1) is 0 Å². The van der Waals surface area contributed by atoms with Crippen LogP contribution < -0.4 is 0 Å². The first-order valence-electron chi connectivity index (χ1n) is 8.27. The van der Waals surface area contributed by atoms with Gasteiger partial charge in [-0.1, -0.05) is 42.5 Å². The van der Waals surface area contributed by atoms with Gasteiger partial charge in [0.25, 0.3) is 0 Å². The highest BCUT2D eigenvalue weighted by Gasteiger charge is 2.23. The Labute approximate surface area is 145 Å². The van der Waals surface area contributed by atoms with Crippen molar-refractivity contribution in [1.82, 2.24) is 9.88 Å². The van der Waals surface area contributed by atoms with Crippen LogP contribution in [-0.4, -0.2) is 27.6 Å². The summed E-state index contributed by atoms with van der Waals surface area (Å²) in [4.78, 5) is 18.3. The van der Waals surface area contributed by atoms with E-state index in [0.717, 1.165) is 27.6 Å². The molecule has 126 valence electrons. The summed E-state index contributed by atoms with van der Waals surface area (Å²) in [5.74, 6) is 0.0191. The summed E-state index contributed by atoms with van der Waals surface area (Å²) in [6.07, 6.45) is 0.391. The van der Waals surface area contributed by atoms with Crippen LogP contribution in [0.2, 0.25) is 0 Å². The minimum absolute atomic E-state index is 0.0191. The van der Waals surface area contributed by atoms with Crippen molar-refractivity contribution in [2.75, 3.05) is 6.54 Å². The molecule has 0 radical (unpaired) electrons. The van der Waals surface area contributed by atoms with E-state index in [4.69, 9.17) is 4.74 Å². The van der Waals surface area contributed by atoms with Crippen molar-refractivity contribution in [1.29, 1.82) is 0 Å². The Hall–Kier alpha value is -3.08. The average molecular weight is 334 g/mol. The molecule has 3 aromatic rings. The molecule has 2 heterocycles. The minimum atomic E-state index is -0.307. The number of benzene rings is 2. The van der Waals surface area contributed by atoms with E-state index in [0.29, 0.717) is 19.5 Å². The summed E-state index contributed by atoms with van der Waals surface area (Å²) in [5.41, 5.74) is 3.93. The Kier molecular flexibility index (Phi) is 3.98. The lowest BCUT2D eigenvalue weighted by atomic mass is 9.96. The van der Waals surface area contributed by atoms with Gasteiger partial charge in [0.15, 0.2) is 0 Å². The molecule has 5 heteroatoms. The van der Waals surface area contributed by atoms with Crippen LogP contribution in [0.15, 0.2) is 54.6 Å². The Bertz CT molecular complexity index is 925. The van der Waals surface area contributed by atoms with E-state index in [-0.39, 0.29) is 18.6 Å². The molecule has 0 unspecified atom stereocenters. The van der Waals surface area contributed by atoms with Crippen LogP contribution in [0.5, 0.6) is 5.88 Å². The lowest BCUT2D eigenvalue weighted by molar-refractivity contribution is 0.0919. The third-order valence-corrected chi connectivity index (χ3v) is 4.51. The number of pyridine rings is 1. The first-order chi connectivity index (χ1) is 12.2. The number of hydrogen-bond donors (Lipinski definition) is 1. The standard InChI is InChI=1S/C20H18N2O3/c23-18-9-8-15-6-7-16-12-22(11-10-17(16)19(15)21-18)20(24)25-13-14-4-2-1-3-5-14/h1-9H,10-13H2,(H,21,23). The first kappa shape index (κ1) is 15.4. The molecule has 0 bridgehead atoms. The number of aromatic hydroxyl groups is 1. The second-order valence-corrected chi connectivity index (χ2v) is 6.16. The van der Waals surface area contributed by atoms with Gasteiger partial charge in [0.2, 0.25) is 5.88 Å². The number of carbonyl (C=O) groups is 1. The molecule has 1 aromatic heterocycles. The monoisotopic (exact) mass is 334 g/mol. The van der Waals surface area contributed by atoms with Crippen LogP contribution in [0.4, 0.5) is 4.79 Å². The second-order valence-electron chi connectivity index (χ2n) is 6.16. The second kappa shape index (κ2) is 6.43. The van der Waals surface area contributed by atoms with Gasteiger partial charge < -0.3 is 14.7 Å². The molecule has 2 aromatic carbocycles. The first-order valence-corrected chi connectivity index (χ1v) is 8.27. The molecule has 0 spiro atoms. The maximum atomic E-state index is 12.3. The molecular weight excluding hydrogens is 316 g/mol. The van der Waals surface area contributed by atoms with Crippen molar-refractivity contribution in [3.8, 4) is 5.88 Å². The third kappa shape index (κ3) is 3.13. The molecule has 1 amide bonds. The maximum Gasteiger partial charge on any atom is 0.410 e. The van der Waals surface area contributed by atoms with Crippen LogP contribution in [-0.2, 0) is 24.3 Å². The Balaban J connectivity index is 1.50. The van der Waals surface area contributed by atoms with Crippen LogP contribution >= 0.6 is 0 Å². The quantitative estimate of drug-likeness (QED) is 0.777. The Morgan fingerprint density at radius 1 is 1.12 bits per heavy atom. The third-order valence-electron chi connectivity index (χ3n) is 4.51. The summed E-state index contributed by atoms with van der Waals surface area (Å²) >= 11 is 0. The summed E-state index contributed by atoms with van der Waals surface area (Å²) in [7, 11) is 0. The smallest absolute Gasteiger partial charge is 0.410 e. The number of amides is 1. The number of ether oxygens (including phenoxy) is 1. The van der Waals surface area contributed by atoms with E-state index < -0.39 is 0 Å². The predicted octanol–water partition coefficient (Wildman–Crippen LogP) is 3.64. The Morgan fingerprint density at radius 3 is 2.76 bits per heavy atom. The van der Waals surface area contributed by atoms with Crippen LogP contribution in [0.3, 0.4) is 0 Å². The van der Waals surface area contributed by atoms with Gasteiger partial charge in [0.1, 0.15) is 6.61 Å². The van der Waals surface area contributed by atoms with Gasteiger partial charge >= 0.3 is 6.09 Å². The molecule has 1 N–H and O–H groups in total. The van der Waals surface area contributed by atoms with Crippen LogP contribution in [0.25, 0.3) is 10.9 Å². The highest BCUT2D eigenvalue weighted by atomic mass is 16.6. The van der Waals surface area contributed by atoms with Crippen molar-refractivity contribution in [2.45, 2.75) is 19.6 Å².